The highest BCUT2D eigenvalue weighted by Gasteiger charge is 2.16. The first kappa shape index (κ1) is 15.9. The summed E-state index contributed by atoms with van der Waals surface area (Å²) in [7, 11) is 0. The molecule has 1 aromatic carbocycles. The van der Waals surface area contributed by atoms with E-state index in [9.17, 15) is 9.59 Å². The number of rotatable bonds is 3. The van der Waals surface area contributed by atoms with Crippen LogP contribution in [0.5, 0.6) is 0 Å². The van der Waals surface area contributed by atoms with Gasteiger partial charge in [0.15, 0.2) is 0 Å². The smallest absolute Gasteiger partial charge is 0.267 e. The molecule has 0 aliphatic carbocycles. The van der Waals surface area contributed by atoms with Gasteiger partial charge in [0.25, 0.3) is 11.3 Å². The highest BCUT2D eigenvalue weighted by Crippen LogP contribution is 2.15. The van der Waals surface area contributed by atoms with Crippen molar-refractivity contribution in [2.75, 3.05) is 5.32 Å². The molecule has 7 nitrogen and oxygen atoms in total. The molecule has 3 rings (SSSR count). The fraction of sp³-hybridized carbons (Fsp3) is 0.294. The van der Waals surface area contributed by atoms with Gasteiger partial charge in [0.1, 0.15) is 17.8 Å². The van der Waals surface area contributed by atoms with Crippen molar-refractivity contribution in [2.45, 2.75) is 34.2 Å². The van der Waals surface area contributed by atoms with E-state index in [4.69, 9.17) is 4.52 Å². The third kappa shape index (κ3) is 2.80. The van der Waals surface area contributed by atoms with E-state index in [-0.39, 0.29) is 23.7 Å². The summed E-state index contributed by atoms with van der Waals surface area (Å²) in [5.41, 5.74) is 3.27. The Balaban J connectivity index is 1.89. The SMILES string of the molecule is Cc1ccc(NC(=O)Cn2c(C)nc3onc(C)c3c2=O)cc1C. The van der Waals surface area contributed by atoms with Crippen molar-refractivity contribution in [1.82, 2.24) is 14.7 Å². The number of anilines is 1. The van der Waals surface area contributed by atoms with Gasteiger partial charge < -0.3 is 9.84 Å². The summed E-state index contributed by atoms with van der Waals surface area (Å²) in [6.07, 6.45) is 0. The summed E-state index contributed by atoms with van der Waals surface area (Å²) >= 11 is 0. The zero-order valence-corrected chi connectivity index (χ0v) is 14.0. The number of amides is 1. The maximum absolute atomic E-state index is 12.6. The van der Waals surface area contributed by atoms with Crippen molar-refractivity contribution in [1.29, 1.82) is 0 Å². The van der Waals surface area contributed by atoms with Gasteiger partial charge in [-0.3, -0.25) is 14.2 Å². The number of nitrogens with zero attached hydrogens (tertiary/aromatic N) is 3. The molecule has 0 aliphatic rings. The lowest BCUT2D eigenvalue weighted by atomic mass is 10.1. The van der Waals surface area contributed by atoms with Gasteiger partial charge in [-0.2, -0.15) is 4.98 Å². The van der Waals surface area contributed by atoms with Crippen LogP contribution in [0, 0.1) is 27.7 Å². The predicted octanol–water partition coefficient (Wildman–Crippen LogP) is 2.26. The molecule has 3 aromatic rings. The zero-order chi connectivity index (χ0) is 17.4. The third-order valence-electron chi connectivity index (χ3n) is 4.05. The molecule has 1 N–H and O–H groups in total. The normalized spacial score (nSPS) is 11.0. The summed E-state index contributed by atoms with van der Waals surface area (Å²) in [5.74, 6) is 0.109. The number of fused-ring (bicyclic) bond motifs is 1. The van der Waals surface area contributed by atoms with Gasteiger partial charge in [-0.05, 0) is 51.0 Å². The standard InChI is InChI=1S/C17H18N4O3/c1-9-5-6-13(7-10(9)2)19-14(22)8-21-12(4)18-16-15(17(21)23)11(3)20-24-16/h5-7H,8H2,1-4H3,(H,19,22). The summed E-state index contributed by atoms with van der Waals surface area (Å²) in [5, 5.41) is 6.86. The molecule has 0 aliphatic heterocycles. The molecule has 2 aromatic heterocycles. The zero-order valence-electron chi connectivity index (χ0n) is 14.0. The Bertz CT molecular complexity index is 1000. The van der Waals surface area contributed by atoms with E-state index in [2.05, 4.69) is 15.5 Å². The van der Waals surface area contributed by atoms with Crippen LogP contribution in [0.4, 0.5) is 5.69 Å². The van der Waals surface area contributed by atoms with Crippen LogP contribution in [0.15, 0.2) is 27.5 Å². The van der Waals surface area contributed by atoms with Crippen molar-refractivity contribution in [3.05, 3.63) is 51.2 Å². The third-order valence-corrected chi connectivity index (χ3v) is 4.05. The molecule has 0 spiro atoms. The van der Waals surface area contributed by atoms with Gasteiger partial charge >= 0.3 is 0 Å². The molecule has 0 radical (unpaired) electrons. The first-order valence-electron chi connectivity index (χ1n) is 7.57. The quantitative estimate of drug-likeness (QED) is 0.797. The number of benzene rings is 1. The van der Waals surface area contributed by atoms with Crippen molar-refractivity contribution in [3.8, 4) is 0 Å². The van der Waals surface area contributed by atoms with E-state index in [1.54, 1.807) is 13.8 Å². The molecule has 7 heteroatoms. The molecule has 0 unspecified atom stereocenters. The molecule has 2 heterocycles. The van der Waals surface area contributed by atoms with Gasteiger partial charge in [-0.15, -0.1) is 0 Å². The van der Waals surface area contributed by atoms with Crippen LogP contribution in [0.1, 0.15) is 22.6 Å². The molecule has 1 amide bonds. The number of aromatic nitrogens is 3. The Morgan fingerprint density at radius 3 is 2.67 bits per heavy atom. The van der Waals surface area contributed by atoms with E-state index in [0.29, 0.717) is 22.6 Å². The van der Waals surface area contributed by atoms with E-state index in [1.807, 2.05) is 32.0 Å². The topological polar surface area (TPSA) is 90.0 Å². The van der Waals surface area contributed by atoms with Gasteiger partial charge in [-0.25, -0.2) is 0 Å². The molecule has 0 fully saturated rings. The summed E-state index contributed by atoms with van der Waals surface area (Å²) in [6.45, 7) is 7.19. The molecule has 0 saturated heterocycles. The maximum Gasteiger partial charge on any atom is 0.267 e. The highest BCUT2D eigenvalue weighted by atomic mass is 16.5. The van der Waals surface area contributed by atoms with Gasteiger partial charge in [0, 0.05) is 5.69 Å². The number of carbonyl (C=O) groups excluding carboxylic acids is 1. The van der Waals surface area contributed by atoms with Crippen LogP contribution in [-0.4, -0.2) is 20.6 Å². The van der Waals surface area contributed by atoms with Crippen molar-refractivity contribution < 1.29 is 9.32 Å². The van der Waals surface area contributed by atoms with E-state index >= 15 is 0 Å². The molecule has 124 valence electrons. The van der Waals surface area contributed by atoms with Crippen LogP contribution in [-0.2, 0) is 11.3 Å². The number of hydrogen-bond acceptors (Lipinski definition) is 5. The monoisotopic (exact) mass is 326 g/mol. The fourth-order valence-corrected chi connectivity index (χ4v) is 2.52. The molecule has 0 atom stereocenters. The summed E-state index contributed by atoms with van der Waals surface area (Å²) in [4.78, 5) is 29.1. The van der Waals surface area contributed by atoms with Crippen LogP contribution < -0.4 is 10.9 Å². The first-order chi connectivity index (χ1) is 11.4. The number of carbonyl (C=O) groups is 1. The minimum Gasteiger partial charge on any atom is -0.335 e. The molecule has 24 heavy (non-hydrogen) atoms. The van der Waals surface area contributed by atoms with Crippen molar-refractivity contribution in [2.24, 2.45) is 0 Å². The number of hydrogen-bond donors (Lipinski definition) is 1. The second-order valence-corrected chi connectivity index (χ2v) is 5.85. The van der Waals surface area contributed by atoms with Gasteiger partial charge in [0.05, 0.1) is 5.69 Å². The van der Waals surface area contributed by atoms with Gasteiger partial charge in [0.2, 0.25) is 5.91 Å². The minimum absolute atomic E-state index is 0.120. The first-order valence-corrected chi connectivity index (χ1v) is 7.57. The van der Waals surface area contributed by atoms with E-state index in [0.717, 1.165) is 11.1 Å². The van der Waals surface area contributed by atoms with E-state index < -0.39 is 0 Å². The van der Waals surface area contributed by atoms with Crippen LogP contribution in [0.2, 0.25) is 0 Å². The van der Waals surface area contributed by atoms with E-state index in [1.165, 1.54) is 4.57 Å². The largest absolute Gasteiger partial charge is 0.335 e. The second kappa shape index (κ2) is 5.92. The lowest BCUT2D eigenvalue weighted by molar-refractivity contribution is -0.116. The number of aryl methyl sites for hydroxylation is 4. The van der Waals surface area contributed by atoms with Crippen molar-refractivity contribution in [3.63, 3.8) is 0 Å². The Hall–Kier alpha value is -2.96. The van der Waals surface area contributed by atoms with Gasteiger partial charge in [-0.1, -0.05) is 11.2 Å². The van der Waals surface area contributed by atoms with Crippen LogP contribution in [0.3, 0.4) is 0 Å². The molecule has 0 saturated carbocycles. The fourth-order valence-electron chi connectivity index (χ4n) is 2.52. The average Bonchev–Trinajstić information content (AvgIpc) is 2.88. The average molecular weight is 326 g/mol. The summed E-state index contributed by atoms with van der Waals surface area (Å²) in [6, 6.07) is 5.67. The minimum atomic E-state index is -0.327. The van der Waals surface area contributed by atoms with Crippen LogP contribution in [0.25, 0.3) is 11.1 Å². The second-order valence-electron chi connectivity index (χ2n) is 5.85. The Morgan fingerprint density at radius 2 is 1.96 bits per heavy atom. The lowest BCUT2D eigenvalue weighted by Gasteiger charge is -2.10. The van der Waals surface area contributed by atoms with Crippen molar-refractivity contribution >= 4 is 22.7 Å². The predicted molar refractivity (Wildman–Crippen MR) is 90.1 cm³/mol. The molecular weight excluding hydrogens is 308 g/mol. The Labute approximate surface area is 138 Å². The lowest BCUT2D eigenvalue weighted by Crippen LogP contribution is -2.30. The number of nitrogens with one attached hydrogen (secondary N) is 1. The Morgan fingerprint density at radius 1 is 1.21 bits per heavy atom. The molecular formula is C17H18N4O3. The Kier molecular flexibility index (Phi) is 3.92. The van der Waals surface area contributed by atoms with Crippen LogP contribution >= 0.6 is 0 Å². The highest BCUT2D eigenvalue weighted by molar-refractivity contribution is 5.91. The maximum atomic E-state index is 12.6. The molecule has 0 bridgehead atoms. The summed E-state index contributed by atoms with van der Waals surface area (Å²) < 4.78 is 6.34.